The highest BCUT2D eigenvalue weighted by molar-refractivity contribution is 5.97. The summed E-state index contributed by atoms with van der Waals surface area (Å²) in [5, 5.41) is 11.6. The minimum absolute atomic E-state index is 0.0853. The lowest BCUT2D eigenvalue weighted by Crippen LogP contribution is -2.31. The van der Waals surface area contributed by atoms with Crippen molar-refractivity contribution in [1.82, 2.24) is 4.90 Å². The molecule has 0 amide bonds. The summed E-state index contributed by atoms with van der Waals surface area (Å²) in [6.45, 7) is 5.20. The number of hydrogen-bond donors (Lipinski definition) is 2. The maximum atomic E-state index is 13.6. The Morgan fingerprint density at radius 3 is 2.95 bits per heavy atom. The van der Waals surface area contributed by atoms with Crippen LogP contribution in [0.4, 0.5) is 4.39 Å². The van der Waals surface area contributed by atoms with Crippen LogP contribution in [0.2, 0.25) is 0 Å². The van der Waals surface area contributed by atoms with Gasteiger partial charge in [-0.3, -0.25) is 4.90 Å². The first-order valence-corrected chi connectivity index (χ1v) is 7.23. The van der Waals surface area contributed by atoms with Crippen molar-refractivity contribution in [3.8, 4) is 0 Å². The number of nitrogens with two attached hydrogens (primary N) is 1. The van der Waals surface area contributed by atoms with Gasteiger partial charge in [0.25, 0.3) is 0 Å². The van der Waals surface area contributed by atoms with Crippen LogP contribution in [-0.4, -0.2) is 41.7 Å². The molecule has 0 aromatic heterocycles. The fraction of sp³-hybridized carbons (Fsp3) is 0.533. The summed E-state index contributed by atoms with van der Waals surface area (Å²) in [7, 11) is 0. The fourth-order valence-electron chi connectivity index (χ4n) is 2.59. The lowest BCUT2D eigenvalue weighted by molar-refractivity contribution is 0.0724. The molecule has 1 aromatic rings. The molecule has 1 aromatic carbocycles. The van der Waals surface area contributed by atoms with Crippen LogP contribution in [0.3, 0.4) is 0 Å². The highest BCUT2D eigenvalue weighted by Crippen LogP contribution is 2.16. The van der Waals surface area contributed by atoms with Crippen molar-refractivity contribution in [2.24, 2.45) is 10.9 Å². The van der Waals surface area contributed by atoms with Crippen LogP contribution in [0.25, 0.3) is 0 Å². The van der Waals surface area contributed by atoms with Crippen molar-refractivity contribution in [3.05, 3.63) is 35.1 Å². The number of rotatable bonds is 6. The predicted octanol–water partition coefficient (Wildman–Crippen LogP) is 1.92. The number of benzene rings is 1. The number of likely N-dealkylation sites (N-methyl/N-ethyl adjacent to an activating group) is 1. The van der Waals surface area contributed by atoms with Crippen LogP contribution in [0.5, 0.6) is 0 Å². The number of halogens is 1. The number of hydrogen-bond acceptors (Lipinski definition) is 4. The van der Waals surface area contributed by atoms with E-state index in [-0.39, 0.29) is 17.8 Å². The van der Waals surface area contributed by atoms with Crippen LogP contribution >= 0.6 is 0 Å². The summed E-state index contributed by atoms with van der Waals surface area (Å²) in [4.78, 5) is 2.21. The molecule has 21 heavy (non-hydrogen) atoms. The molecule has 5 nitrogen and oxygen atoms in total. The molecule has 6 heteroatoms. The summed E-state index contributed by atoms with van der Waals surface area (Å²) in [5.41, 5.74) is 6.72. The van der Waals surface area contributed by atoms with Crippen LogP contribution < -0.4 is 5.73 Å². The number of oxime groups is 1. The first kappa shape index (κ1) is 15.7. The molecule has 0 bridgehead atoms. The average Bonchev–Trinajstić information content (AvgIpc) is 2.98. The zero-order valence-corrected chi connectivity index (χ0v) is 12.3. The van der Waals surface area contributed by atoms with E-state index in [0.717, 1.165) is 38.1 Å². The monoisotopic (exact) mass is 295 g/mol. The van der Waals surface area contributed by atoms with Crippen molar-refractivity contribution >= 4 is 5.84 Å². The summed E-state index contributed by atoms with van der Waals surface area (Å²) < 4.78 is 19.3. The quantitative estimate of drug-likeness (QED) is 0.364. The van der Waals surface area contributed by atoms with Gasteiger partial charge in [-0.25, -0.2) is 4.39 Å². The molecule has 0 spiro atoms. The second-order valence-electron chi connectivity index (χ2n) is 5.30. The summed E-state index contributed by atoms with van der Waals surface area (Å²) >= 11 is 0. The van der Waals surface area contributed by atoms with Gasteiger partial charge in [-0.2, -0.15) is 0 Å². The van der Waals surface area contributed by atoms with Gasteiger partial charge >= 0.3 is 0 Å². The van der Waals surface area contributed by atoms with E-state index in [4.69, 9.17) is 15.7 Å². The SMILES string of the molecule is CCN(Cc1cc(F)cc(/C(N)=N/O)c1)CC1CCCO1. The molecule has 1 atom stereocenters. The van der Waals surface area contributed by atoms with Crippen molar-refractivity contribution in [2.75, 3.05) is 19.7 Å². The van der Waals surface area contributed by atoms with Gasteiger partial charge in [-0.15, -0.1) is 0 Å². The minimum atomic E-state index is -0.387. The molecule has 2 rings (SSSR count). The molecule has 1 aliphatic heterocycles. The Balaban J connectivity index is 2.07. The summed E-state index contributed by atoms with van der Waals surface area (Å²) in [6, 6.07) is 4.48. The lowest BCUT2D eigenvalue weighted by Gasteiger charge is -2.24. The third-order valence-electron chi connectivity index (χ3n) is 3.70. The first-order chi connectivity index (χ1) is 10.1. The molecular weight excluding hydrogens is 273 g/mol. The van der Waals surface area contributed by atoms with E-state index < -0.39 is 0 Å². The van der Waals surface area contributed by atoms with Gasteiger partial charge < -0.3 is 15.7 Å². The predicted molar refractivity (Wildman–Crippen MR) is 78.8 cm³/mol. The van der Waals surface area contributed by atoms with E-state index >= 15 is 0 Å². The molecule has 0 aliphatic carbocycles. The largest absolute Gasteiger partial charge is 0.409 e. The number of ether oxygens (including phenoxy) is 1. The van der Waals surface area contributed by atoms with Crippen molar-refractivity contribution in [3.63, 3.8) is 0 Å². The van der Waals surface area contributed by atoms with E-state index in [1.165, 1.54) is 12.1 Å². The third-order valence-corrected chi connectivity index (χ3v) is 3.70. The van der Waals surface area contributed by atoms with Gasteiger partial charge in [0.05, 0.1) is 6.10 Å². The topological polar surface area (TPSA) is 71.1 Å². The smallest absolute Gasteiger partial charge is 0.170 e. The fourth-order valence-corrected chi connectivity index (χ4v) is 2.59. The Hall–Kier alpha value is -1.66. The molecule has 1 saturated heterocycles. The minimum Gasteiger partial charge on any atom is -0.409 e. The van der Waals surface area contributed by atoms with Gasteiger partial charge in [0.2, 0.25) is 0 Å². The van der Waals surface area contributed by atoms with Crippen LogP contribution in [0, 0.1) is 5.82 Å². The number of nitrogens with zero attached hydrogens (tertiary/aromatic N) is 2. The van der Waals surface area contributed by atoms with Crippen molar-refractivity contribution in [1.29, 1.82) is 0 Å². The van der Waals surface area contributed by atoms with Gasteiger partial charge in [-0.1, -0.05) is 12.1 Å². The molecule has 1 heterocycles. The normalized spacial score (nSPS) is 19.4. The summed E-state index contributed by atoms with van der Waals surface area (Å²) in [5.74, 6) is -0.472. The molecule has 0 saturated carbocycles. The Kier molecular flexibility index (Phi) is 5.52. The van der Waals surface area contributed by atoms with E-state index in [9.17, 15) is 4.39 Å². The zero-order chi connectivity index (χ0) is 15.2. The Morgan fingerprint density at radius 2 is 2.33 bits per heavy atom. The molecule has 0 radical (unpaired) electrons. The van der Waals surface area contributed by atoms with Crippen molar-refractivity contribution in [2.45, 2.75) is 32.4 Å². The average molecular weight is 295 g/mol. The third kappa shape index (κ3) is 4.41. The van der Waals surface area contributed by atoms with Gasteiger partial charge in [0.15, 0.2) is 5.84 Å². The molecule has 1 aliphatic rings. The van der Waals surface area contributed by atoms with Crippen LogP contribution in [0.1, 0.15) is 30.9 Å². The zero-order valence-electron chi connectivity index (χ0n) is 12.3. The van der Waals surface area contributed by atoms with Gasteiger partial charge in [-0.05, 0) is 43.1 Å². The molecule has 1 unspecified atom stereocenters. The second-order valence-corrected chi connectivity index (χ2v) is 5.30. The highest BCUT2D eigenvalue weighted by atomic mass is 19.1. The van der Waals surface area contributed by atoms with E-state index in [2.05, 4.69) is 17.0 Å². The van der Waals surface area contributed by atoms with Gasteiger partial charge in [0.1, 0.15) is 5.82 Å². The maximum Gasteiger partial charge on any atom is 0.170 e. The highest BCUT2D eigenvalue weighted by Gasteiger charge is 2.19. The molecular formula is C15H22FN3O2. The molecule has 3 N–H and O–H groups in total. The molecule has 116 valence electrons. The van der Waals surface area contributed by atoms with E-state index in [1.807, 2.05) is 0 Å². The van der Waals surface area contributed by atoms with E-state index in [0.29, 0.717) is 12.1 Å². The first-order valence-electron chi connectivity index (χ1n) is 7.23. The Morgan fingerprint density at radius 1 is 1.52 bits per heavy atom. The molecule has 1 fully saturated rings. The van der Waals surface area contributed by atoms with Crippen molar-refractivity contribution < 1.29 is 14.3 Å². The van der Waals surface area contributed by atoms with E-state index in [1.54, 1.807) is 6.07 Å². The summed E-state index contributed by atoms with van der Waals surface area (Å²) in [6.07, 6.45) is 2.45. The number of amidine groups is 1. The van der Waals surface area contributed by atoms with Crippen LogP contribution in [0.15, 0.2) is 23.4 Å². The maximum absolute atomic E-state index is 13.6. The standard InChI is InChI=1S/C15H22FN3O2/c1-2-19(10-14-4-3-5-21-14)9-11-6-12(15(17)18-20)8-13(16)7-11/h6-8,14,20H,2-5,9-10H2,1H3,(H2,17,18). The Labute approximate surface area is 124 Å². The van der Waals surface area contributed by atoms with Crippen LogP contribution in [-0.2, 0) is 11.3 Å². The Bertz CT molecular complexity index is 502. The lowest BCUT2D eigenvalue weighted by atomic mass is 10.1. The second kappa shape index (κ2) is 7.38. The van der Waals surface area contributed by atoms with Gasteiger partial charge in [0, 0.05) is 25.3 Å².